The maximum atomic E-state index is 11.8. The van der Waals surface area contributed by atoms with E-state index < -0.39 is 0 Å². The summed E-state index contributed by atoms with van der Waals surface area (Å²) >= 11 is 6.23. The Labute approximate surface area is 154 Å². The maximum absolute atomic E-state index is 11.8. The first-order chi connectivity index (χ1) is 12.0. The molecule has 136 valence electrons. The highest BCUT2D eigenvalue weighted by Gasteiger charge is 2.21. The van der Waals surface area contributed by atoms with Crippen molar-refractivity contribution in [3.63, 3.8) is 0 Å². The number of piperazine rings is 1. The van der Waals surface area contributed by atoms with Gasteiger partial charge in [0.05, 0.1) is 10.7 Å². The van der Waals surface area contributed by atoms with Gasteiger partial charge in [-0.15, -0.1) is 6.58 Å². The highest BCUT2D eigenvalue weighted by atomic mass is 35.5. The van der Waals surface area contributed by atoms with Gasteiger partial charge in [-0.25, -0.2) is 4.99 Å². The second-order valence-corrected chi connectivity index (χ2v) is 6.31. The molecule has 2 heterocycles. The highest BCUT2D eigenvalue weighted by Crippen LogP contribution is 2.25. The van der Waals surface area contributed by atoms with E-state index in [0.717, 1.165) is 37.8 Å². The van der Waals surface area contributed by atoms with Crippen molar-refractivity contribution in [1.82, 2.24) is 20.1 Å². The van der Waals surface area contributed by atoms with Gasteiger partial charge < -0.3 is 20.0 Å². The average molecular weight is 365 g/mol. The highest BCUT2D eigenvalue weighted by molar-refractivity contribution is 6.33. The molecule has 0 saturated carbocycles. The van der Waals surface area contributed by atoms with Crippen LogP contribution in [0.25, 0.3) is 0 Å². The smallest absolute Gasteiger partial charge is 0.243 e. The number of rotatable bonds is 5. The fourth-order valence-electron chi connectivity index (χ4n) is 2.50. The van der Waals surface area contributed by atoms with Gasteiger partial charge in [0, 0.05) is 59.2 Å². The predicted molar refractivity (Wildman–Crippen MR) is 102 cm³/mol. The Morgan fingerprint density at radius 2 is 2.16 bits per heavy atom. The SMILES string of the molecule is C=CCNC(=NCC(=O)N(C)C)N1CCN(c2ccncc2Cl)CC1. The molecule has 0 aromatic carbocycles. The van der Waals surface area contributed by atoms with Gasteiger partial charge in [0.15, 0.2) is 5.96 Å². The van der Waals surface area contributed by atoms with Crippen LogP contribution in [0.15, 0.2) is 36.1 Å². The molecule has 1 saturated heterocycles. The number of halogens is 1. The van der Waals surface area contributed by atoms with Gasteiger partial charge in [-0.2, -0.15) is 0 Å². The molecule has 2 rings (SSSR count). The lowest BCUT2D eigenvalue weighted by Crippen LogP contribution is -2.53. The minimum Gasteiger partial charge on any atom is -0.367 e. The van der Waals surface area contributed by atoms with Gasteiger partial charge in [-0.1, -0.05) is 17.7 Å². The molecule has 0 radical (unpaired) electrons. The molecule has 0 spiro atoms. The third-order valence-electron chi connectivity index (χ3n) is 3.94. The number of hydrogen-bond acceptors (Lipinski definition) is 4. The van der Waals surface area contributed by atoms with Gasteiger partial charge >= 0.3 is 0 Å². The Bertz CT molecular complexity index is 625. The molecule has 1 fully saturated rings. The van der Waals surface area contributed by atoms with Crippen LogP contribution in [0.1, 0.15) is 0 Å². The number of carbonyl (C=O) groups excluding carboxylic acids is 1. The summed E-state index contributed by atoms with van der Waals surface area (Å²) in [6, 6.07) is 1.93. The Morgan fingerprint density at radius 3 is 2.76 bits per heavy atom. The molecular formula is C17H25ClN6O. The van der Waals surface area contributed by atoms with Gasteiger partial charge in [-0.05, 0) is 6.07 Å². The minimum atomic E-state index is -0.0277. The number of hydrogen-bond donors (Lipinski definition) is 1. The number of nitrogens with one attached hydrogen (secondary N) is 1. The molecular weight excluding hydrogens is 340 g/mol. The lowest BCUT2D eigenvalue weighted by atomic mass is 10.2. The van der Waals surface area contributed by atoms with Crippen LogP contribution in [0, 0.1) is 0 Å². The van der Waals surface area contributed by atoms with Crippen LogP contribution in [0.2, 0.25) is 5.02 Å². The molecule has 7 nitrogen and oxygen atoms in total. The number of nitrogens with zero attached hydrogens (tertiary/aromatic N) is 5. The van der Waals surface area contributed by atoms with Crippen LogP contribution in [0.3, 0.4) is 0 Å². The molecule has 0 unspecified atom stereocenters. The zero-order valence-corrected chi connectivity index (χ0v) is 15.5. The summed E-state index contributed by atoms with van der Waals surface area (Å²) in [5.74, 6) is 0.704. The molecule has 1 aliphatic heterocycles. The summed E-state index contributed by atoms with van der Waals surface area (Å²) in [5, 5.41) is 3.89. The van der Waals surface area contributed by atoms with Crippen molar-refractivity contribution in [3.8, 4) is 0 Å². The van der Waals surface area contributed by atoms with E-state index >= 15 is 0 Å². The van der Waals surface area contributed by atoms with Crippen LogP contribution in [0.5, 0.6) is 0 Å². The van der Waals surface area contributed by atoms with Gasteiger partial charge in [-0.3, -0.25) is 9.78 Å². The molecule has 1 N–H and O–H groups in total. The van der Waals surface area contributed by atoms with Crippen LogP contribution >= 0.6 is 11.6 Å². The van der Waals surface area contributed by atoms with E-state index in [2.05, 4.69) is 31.7 Å². The molecule has 0 bridgehead atoms. The number of carbonyl (C=O) groups is 1. The Kier molecular flexibility index (Phi) is 7.06. The third-order valence-corrected chi connectivity index (χ3v) is 4.23. The van der Waals surface area contributed by atoms with E-state index in [9.17, 15) is 4.79 Å². The second kappa shape index (κ2) is 9.27. The van der Waals surface area contributed by atoms with Crippen molar-refractivity contribution in [3.05, 3.63) is 36.1 Å². The first-order valence-electron chi connectivity index (χ1n) is 8.21. The summed E-state index contributed by atoms with van der Waals surface area (Å²) in [7, 11) is 3.46. The van der Waals surface area contributed by atoms with Crippen molar-refractivity contribution in [1.29, 1.82) is 0 Å². The zero-order valence-electron chi connectivity index (χ0n) is 14.8. The van der Waals surface area contributed by atoms with E-state index in [4.69, 9.17) is 11.6 Å². The van der Waals surface area contributed by atoms with Crippen LogP contribution < -0.4 is 10.2 Å². The van der Waals surface area contributed by atoms with Gasteiger partial charge in [0.2, 0.25) is 5.91 Å². The van der Waals surface area contributed by atoms with Crippen molar-refractivity contribution < 1.29 is 4.79 Å². The lowest BCUT2D eigenvalue weighted by Gasteiger charge is -2.38. The fraction of sp³-hybridized carbons (Fsp3) is 0.471. The van der Waals surface area contributed by atoms with Crippen molar-refractivity contribution in [2.75, 3.05) is 58.3 Å². The largest absolute Gasteiger partial charge is 0.367 e. The standard InChI is InChI=1S/C17H25ClN6O/c1-4-6-20-17(21-13-16(25)22(2)3)24-10-8-23(9-11-24)15-5-7-19-12-14(15)18/h4-5,7,12H,1,6,8-11,13H2,2-3H3,(H,20,21). The molecule has 1 aliphatic rings. The number of anilines is 1. The topological polar surface area (TPSA) is 64.1 Å². The Balaban J connectivity index is 2.01. The number of aromatic nitrogens is 1. The molecule has 0 atom stereocenters. The lowest BCUT2D eigenvalue weighted by molar-refractivity contribution is -0.127. The quantitative estimate of drug-likeness (QED) is 0.481. The van der Waals surface area contributed by atoms with Crippen molar-refractivity contribution >= 4 is 29.2 Å². The fourth-order valence-corrected chi connectivity index (χ4v) is 2.74. The van der Waals surface area contributed by atoms with Gasteiger partial charge in [0.1, 0.15) is 6.54 Å². The summed E-state index contributed by atoms with van der Waals surface area (Å²) in [4.78, 5) is 26.2. The van der Waals surface area contributed by atoms with E-state index in [0.29, 0.717) is 11.6 Å². The molecule has 1 aromatic heterocycles. The zero-order chi connectivity index (χ0) is 18.2. The molecule has 0 aliphatic carbocycles. The summed E-state index contributed by atoms with van der Waals surface area (Å²) in [5.41, 5.74) is 0.997. The third kappa shape index (κ3) is 5.35. The normalized spacial score (nSPS) is 15.1. The van der Waals surface area contributed by atoms with Crippen molar-refractivity contribution in [2.45, 2.75) is 0 Å². The number of guanidine groups is 1. The van der Waals surface area contributed by atoms with Crippen molar-refractivity contribution in [2.24, 2.45) is 4.99 Å². The number of amides is 1. The summed E-state index contributed by atoms with van der Waals surface area (Å²) < 4.78 is 0. The van der Waals surface area contributed by atoms with Crippen LogP contribution in [0.4, 0.5) is 5.69 Å². The first kappa shape index (κ1) is 19.1. The van der Waals surface area contributed by atoms with Crippen LogP contribution in [-0.4, -0.2) is 80.0 Å². The van der Waals surface area contributed by atoms with E-state index in [1.807, 2.05) is 6.07 Å². The second-order valence-electron chi connectivity index (χ2n) is 5.90. The monoisotopic (exact) mass is 364 g/mol. The van der Waals surface area contributed by atoms with Gasteiger partial charge in [0.25, 0.3) is 0 Å². The number of pyridine rings is 1. The average Bonchev–Trinajstić information content (AvgIpc) is 2.62. The van der Waals surface area contributed by atoms with E-state index in [1.165, 1.54) is 4.90 Å². The summed E-state index contributed by atoms with van der Waals surface area (Å²) in [6.45, 7) is 7.67. The molecule has 8 heteroatoms. The Morgan fingerprint density at radius 1 is 1.44 bits per heavy atom. The first-order valence-corrected chi connectivity index (χ1v) is 8.59. The molecule has 1 amide bonds. The maximum Gasteiger partial charge on any atom is 0.243 e. The van der Waals surface area contributed by atoms with Crippen LogP contribution in [-0.2, 0) is 4.79 Å². The van der Waals surface area contributed by atoms with E-state index in [-0.39, 0.29) is 12.5 Å². The minimum absolute atomic E-state index is 0.0277. The molecule has 25 heavy (non-hydrogen) atoms. The summed E-state index contributed by atoms with van der Waals surface area (Å²) in [6.07, 6.45) is 5.18. The number of aliphatic imine (C=N–C) groups is 1. The van der Waals surface area contributed by atoms with E-state index in [1.54, 1.807) is 32.6 Å². The molecule has 1 aromatic rings. The number of likely N-dealkylation sites (N-methyl/N-ethyl adjacent to an activating group) is 1. The predicted octanol–water partition coefficient (Wildman–Crippen LogP) is 1.08. The Hall–Kier alpha value is -2.28.